The molecule has 2 heterocycles. The Morgan fingerprint density at radius 3 is 2.93 bits per heavy atom. The predicted octanol–water partition coefficient (Wildman–Crippen LogP) is 0.741. The molecular formula is C11H19NO3. The maximum atomic E-state index is 11.9. The highest BCUT2D eigenvalue weighted by Gasteiger charge is 2.55. The van der Waals surface area contributed by atoms with Crippen LogP contribution in [0.5, 0.6) is 0 Å². The minimum atomic E-state index is -0.463. The first-order valence-electron chi connectivity index (χ1n) is 5.58. The number of carbonyl (C=O) groups excluding carboxylic acids is 1. The van der Waals surface area contributed by atoms with Crippen molar-refractivity contribution in [2.24, 2.45) is 5.92 Å². The molecule has 2 saturated heterocycles. The number of ether oxygens (including phenoxy) is 1. The van der Waals surface area contributed by atoms with Gasteiger partial charge in [0.15, 0.2) is 0 Å². The number of fused-ring (bicyclic) bond motifs is 1. The SMILES string of the molecule is CC(O)CC1C(=O)N2C1CCOC2(C)C. The summed E-state index contributed by atoms with van der Waals surface area (Å²) >= 11 is 0. The summed E-state index contributed by atoms with van der Waals surface area (Å²) in [6.07, 6.45) is 1.08. The van der Waals surface area contributed by atoms with E-state index in [1.54, 1.807) is 6.92 Å². The topological polar surface area (TPSA) is 49.8 Å². The van der Waals surface area contributed by atoms with Gasteiger partial charge < -0.3 is 14.7 Å². The lowest BCUT2D eigenvalue weighted by molar-refractivity contribution is -0.235. The predicted molar refractivity (Wildman–Crippen MR) is 55.1 cm³/mol. The van der Waals surface area contributed by atoms with Gasteiger partial charge in [-0.3, -0.25) is 4.79 Å². The van der Waals surface area contributed by atoms with E-state index in [9.17, 15) is 9.90 Å². The number of nitrogens with zero attached hydrogens (tertiary/aromatic N) is 1. The van der Waals surface area contributed by atoms with Crippen LogP contribution in [0.25, 0.3) is 0 Å². The molecule has 0 saturated carbocycles. The molecule has 2 rings (SSSR count). The van der Waals surface area contributed by atoms with Gasteiger partial charge in [0.05, 0.1) is 18.6 Å². The molecule has 2 fully saturated rings. The zero-order valence-electron chi connectivity index (χ0n) is 9.56. The highest BCUT2D eigenvalue weighted by atomic mass is 16.5. The van der Waals surface area contributed by atoms with Gasteiger partial charge in [-0.2, -0.15) is 0 Å². The lowest BCUT2D eigenvalue weighted by atomic mass is 9.78. The molecule has 4 heteroatoms. The van der Waals surface area contributed by atoms with Crippen LogP contribution < -0.4 is 0 Å². The number of aliphatic hydroxyl groups is 1. The Morgan fingerprint density at radius 2 is 2.33 bits per heavy atom. The number of hydrogen-bond donors (Lipinski definition) is 1. The molecule has 0 aromatic rings. The third-order valence-electron chi connectivity index (χ3n) is 3.39. The summed E-state index contributed by atoms with van der Waals surface area (Å²) in [5, 5.41) is 9.32. The van der Waals surface area contributed by atoms with Crippen LogP contribution in [0.4, 0.5) is 0 Å². The van der Waals surface area contributed by atoms with Gasteiger partial charge in [-0.25, -0.2) is 0 Å². The van der Waals surface area contributed by atoms with E-state index in [4.69, 9.17) is 4.74 Å². The van der Waals surface area contributed by atoms with Gasteiger partial charge in [-0.15, -0.1) is 0 Å². The molecule has 86 valence electrons. The lowest BCUT2D eigenvalue weighted by Crippen LogP contribution is -2.71. The fourth-order valence-corrected chi connectivity index (χ4v) is 2.72. The van der Waals surface area contributed by atoms with Crippen LogP contribution in [0.2, 0.25) is 0 Å². The Kier molecular flexibility index (Phi) is 2.51. The first-order valence-corrected chi connectivity index (χ1v) is 5.58. The number of β-lactam (4-membered cyclic amide) rings is 1. The van der Waals surface area contributed by atoms with E-state index in [1.807, 2.05) is 18.7 Å². The van der Waals surface area contributed by atoms with Gasteiger partial charge >= 0.3 is 0 Å². The molecule has 2 aliphatic heterocycles. The molecule has 0 radical (unpaired) electrons. The Hall–Kier alpha value is -0.610. The van der Waals surface area contributed by atoms with E-state index < -0.39 is 11.8 Å². The molecule has 1 amide bonds. The third-order valence-corrected chi connectivity index (χ3v) is 3.39. The minimum absolute atomic E-state index is 0.00757. The Bertz CT molecular complexity index is 275. The van der Waals surface area contributed by atoms with Crippen LogP contribution in [-0.4, -0.2) is 40.4 Å². The van der Waals surface area contributed by atoms with Crippen molar-refractivity contribution in [2.45, 2.75) is 51.5 Å². The van der Waals surface area contributed by atoms with Gasteiger partial charge in [0.1, 0.15) is 5.72 Å². The summed E-state index contributed by atoms with van der Waals surface area (Å²) in [7, 11) is 0. The van der Waals surface area contributed by atoms with E-state index in [-0.39, 0.29) is 17.9 Å². The summed E-state index contributed by atoms with van der Waals surface area (Å²) in [6.45, 7) is 6.30. The number of rotatable bonds is 2. The molecule has 0 spiro atoms. The first kappa shape index (κ1) is 10.9. The smallest absolute Gasteiger partial charge is 0.230 e. The average molecular weight is 213 g/mol. The van der Waals surface area contributed by atoms with Crippen molar-refractivity contribution >= 4 is 5.91 Å². The van der Waals surface area contributed by atoms with Crippen LogP contribution in [0, 0.1) is 5.92 Å². The van der Waals surface area contributed by atoms with Crippen LogP contribution >= 0.6 is 0 Å². The molecule has 0 bridgehead atoms. The minimum Gasteiger partial charge on any atom is -0.393 e. The molecule has 0 aliphatic carbocycles. The Morgan fingerprint density at radius 1 is 1.67 bits per heavy atom. The lowest BCUT2D eigenvalue weighted by Gasteiger charge is -2.57. The highest BCUT2D eigenvalue weighted by Crippen LogP contribution is 2.41. The van der Waals surface area contributed by atoms with Gasteiger partial charge in [0.25, 0.3) is 0 Å². The number of amides is 1. The second-order valence-electron chi connectivity index (χ2n) is 5.05. The number of hydrogen-bond acceptors (Lipinski definition) is 3. The standard InChI is InChI=1S/C11H19NO3/c1-7(13)6-8-9-4-5-15-11(2,3)12(9)10(8)14/h7-9,13H,4-6H2,1-3H3. The zero-order valence-corrected chi connectivity index (χ0v) is 9.56. The highest BCUT2D eigenvalue weighted by molar-refractivity contribution is 5.86. The number of aliphatic hydroxyl groups excluding tert-OH is 1. The van der Waals surface area contributed by atoms with Crippen LogP contribution in [-0.2, 0) is 9.53 Å². The van der Waals surface area contributed by atoms with Crippen molar-refractivity contribution < 1.29 is 14.6 Å². The van der Waals surface area contributed by atoms with E-state index >= 15 is 0 Å². The fraction of sp³-hybridized carbons (Fsp3) is 0.909. The zero-order chi connectivity index (χ0) is 11.2. The molecule has 0 aromatic heterocycles. The second-order valence-corrected chi connectivity index (χ2v) is 5.05. The van der Waals surface area contributed by atoms with Crippen LogP contribution in [0.15, 0.2) is 0 Å². The monoisotopic (exact) mass is 213 g/mol. The van der Waals surface area contributed by atoms with Crippen molar-refractivity contribution in [3.05, 3.63) is 0 Å². The van der Waals surface area contributed by atoms with E-state index in [0.29, 0.717) is 13.0 Å². The molecule has 15 heavy (non-hydrogen) atoms. The van der Waals surface area contributed by atoms with E-state index in [1.165, 1.54) is 0 Å². The van der Waals surface area contributed by atoms with Crippen molar-refractivity contribution in [1.29, 1.82) is 0 Å². The molecule has 3 atom stereocenters. The van der Waals surface area contributed by atoms with Crippen molar-refractivity contribution in [1.82, 2.24) is 4.90 Å². The van der Waals surface area contributed by atoms with Gasteiger partial charge in [0.2, 0.25) is 5.91 Å². The molecule has 2 aliphatic rings. The molecule has 1 N–H and O–H groups in total. The van der Waals surface area contributed by atoms with Crippen molar-refractivity contribution in [3.63, 3.8) is 0 Å². The molecule has 3 unspecified atom stereocenters. The van der Waals surface area contributed by atoms with Crippen molar-refractivity contribution in [3.8, 4) is 0 Å². The summed E-state index contributed by atoms with van der Waals surface area (Å²) in [5.41, 5.74) is -0.463. The Labute approximate surface area is 90.2 Å². The average Bonchev–Trinajstić information content (AvgIpc) is 2.12. The van der Waals surface area contributed by atoms with Crippen LogP contribution in [0.3, 0.4) is 0 Å². The summed E-state index contributed by atoms with van der Waals surface area (Å²) in [6, 6.07) is 0.274. The summed E-state index contributed by atoms with van der Waals surface area (Å²) in [5.74, 6) is 0.138. The third kappa shape index (κ3) is 1.66. The molecular weight excluding hydrogens is 194 g/mol. The first-order chi connectivity index (χ1) is 6.93. The quantitative estimate of drug-likeness (QED) is 0.688. The van der Waals surface area contributed by atoms with Gasteiger partial charge in [-0.05, 0) is 33.6 Å². The summed E-state index contributed by atoms with van der Waals surface area (Å²) < 4.78 is 5.57. The largest absolute Gasteiger partial charge is 0.393 e. The van der Waals surface area contributed by atoms with Crippen LogP contribution in [0.1, 0.15) is 33.6 Å². The fourth-order valence-electron chi connectivity index (χ4n) is 2.72. The number of carbonyl (C=O) groups is 1. The normalized spacial score (nSPS) is 35.7. The van der Waals surface area contributed by atoms with E-state index in [2.05, 4.69) is 0 Å². The maximum absolute atomic E-state index is 11.9. The maximum Gasteiger partial charge on any atom is 0.230 e. The van der Waals surface area contributed by atoms with Gasteiger partial charge in [-0.1, -0.05) is 0 Å². The van der Waals surface area contributed by atoms with E-state index in [0.717, 1.165) is 6.42 Å². The van der Waals surface area contributed by atoms with Crippen molar-refractivity contribution in [2.75, 3.05) is 6.61 Å². The second kappa shape index (κ2) is 3.46. The van der Waals surface area contributed by atoms with Gasteiger partial charge in [0, 0.05) is 6.04 Å². The molecule has 4 nitrogen and oxygen atoms in total. The Balaban J connectivity index is 2.07. The molecule has 0 aromatic carbocycles. The summed E-state index contributed by atoms with van der Waals surface area (Å²) in [4.78, 5) is 13.7.